The number of allylic oxidation sites excluding steroid dienone is 1. The monoisotopic (exact) mass is 362 g/mol. The zero-order valence-corrected chi connectivity index (χ0v) is 14.5. The Kier molecular flexibility index (Phi) is 3.64. The third-order valence-electron chi connectivity index (χ3n) is 3.64. The molecule has 1 N–H and O–H groups in total. The van der Waals surface area contributed by atoms with Crippen molar-refractivity contribution in [3.8, 4) is 0 Å². The Morgan fingerprint density at radius 2 is 2.13 bits per heavy atom. The number of thiophene rings is 1. The number of rotatable bonds is 2. The Morgan fingerprint density at radius 1 is 1.26 bits per heavy atom. The molecule has 0 amide bonds. The van der Waals surface area contributed by atoms with Crippen LogP contribution in [0.5, 0.6) is 0 Å². The Balaban J connectivity index is 1.87. The van der Waals surface area contributed by atoms with Gasteiger partial charge in [0.05, 0.1) is 10.6 Å². The number of halogens is 2. The average Bonchev–Trinajstić information content (AvgIpc) is 3.14. The quantitative estimate of drug-likeness (QED) is 0.696. The molecule has 1 aliphatic heterocycles. The van der Waals surface area contributed by atoms with Crippen LogP contribution in [0, 0.1) is 6.92 Å². The molecule has 0 saturated heterocycles. The van der Waals surface area contributed by atoms with Gasteiger partial charge in [-0.05, 0) is 42.1 Å². The van der Waals surface area contributed by atoms with Crippen LogP contribution in [0.4, 0.5) is 5.95 Å². The van der Waals surface area contributed by atoms with E-state index in [4.69, 9.17) is 23.2 Å². The third kappa shape index (κ3) is 2.65. The molecule has 7 heteroatoms. The van der Waals surface area contributed by atoms with Crippen molar-refractivity contribution in [2.45, 2.75) is 13.0 Å². The molecule has 3 aromatic rings. The molecule has 4 nitrogen and oxygen atoms in total. The standard InChI is InChI=1S/C16H12Cl2N4S/c1-9-19-16-20-13(15-3-2-6-23-15)8-14(22(16)21-9)11-5-4-10(17)7-12(11)18/h2-8,14H,1H3,(H,19,20,21). The smallest absolute Gasteiger partial charge is 0.226 e. The second-order valence-corrected chi connectivity index (χ2v) is 7.01. The first kappa shape index (κ1) is 14.8. The maximum atomic E-state index is 6.42. The van der Waals surface area contributed by atoms with E-state index in [1.54, 1.807) is 17.4 Å². The molecule has 1 aliphatic rings. The number of hydrogen-bond donors (Lipinski definition) is 1. The molecule has 23 heavy (non-hydrogen) atoms. The highest BCUT2D eigenvalue weighted by atomic mass is 35.5. The van der Waals surface area contributed by atoms with E-state index >= 15 is 0 Å². The van der Waals surface area contributed by atoms with E-state index in [2.05, 4.69) is 27.5 Å². The molecule has 0 radical (unpaired) electrons. The van der Waals surface area contributed by atoms with Crippen LogP contribution in [0.2, 0.25) is 10.0 Å². The normalized spacial score (nSPS) is 16.7. The summed E-state index contributed by atoms with van der Waals surface area (Å²) in [5.41, 5.74) is 1.95. The molecule has 2 aromatic heterocycles. The number of benzene rings is 1. The molecule has 0 saturated carbocycles. The highest BCUT2D eigenvalue weighted by Gasteiger charge is 2.26. The minimum atomic E-state index is -0.130. The number of nitrogens with zero attached hydrogens (tertiary/aromatic N) is 3. The van der Waals surface area contributed by atoms with E-state index < -0.39 is 0 Å². The van der Waals surface area contributed by atoms with Gasteiger partial charge >= 0.3 is 0 Å². The van der Waals surface area contributed by atoms with Crippen molar-refractivity contribution >= 4 is 46.2 Å². The first-order chi connectivity index (χ1) is 11.1. The third-order valence-corrected chi connectivity index (χ3v) is 5.11. The van der Waals surface area contributed by atoms with Crippen LogP contribution in [0.15, 0.2) is 41.8 Å². The van der Waals surface area contributed by atoms with Crippen molar-refractivity contribution < 1.29 is 0 Å². The second-order valence-electron chi connectivity index (χ2n) is 5.22. The fourth-order valence-corrected chi connectivity index (χ4v) is 3.87. The summed E-state index contributed by atoms with van der Waals surface area (Å²) in [4.78, 5) is 5.62. The second kappa shape index (κ2) is 5.67. The number of aryl methyl sites for hydroxylation is 1. The number of nitrogens with one attached hydrogen (secondary N) is 1. The molecule has 1 atom stereocenters. The Labute approximate surface area is 147 Å². The van der Waals surface area contributed by atoms with Gasteiger partial charge in [-0.2, -0.15) is 10.1 Å². The van der Waals surface area contributed by atoms with E-state index in [0.717, 1.165) is 16.1 Å². The van der Waals surface area contributed by atoms with Crippen LogP contribution in [0.3, 0.4) is 0 Å². The van der Waals surface area contributed by atoms with Gasteiger partial charge in [0.1, 0.15) is 11.9 Å². The van der Waals surface area contributed by atoms with Crippen LogP contribution in [-0.2, 0) is 0 Å². The minimum absolute atomic E-state index is 0.130. The lowest BCUT2D eigenvalue weighted by Crippen LogP contribution is -2.20. The summed E-state index contributed by atoms with van der Waals surface area (Å²) in [7, 11) is 0. The van der Waals surface area contributed by atoms with Crippen molar-refractivity contribution in [3.63, 3.8) is 0 Å². The maximum absolute atomic E-state index is 6.42. The van der Waals surface area contributed by atoms with Gasteiger partial charge in [0.15, 0.2) is 0 Å². The number of hydrogen-bond acceptors (Lipinski definition) is 4. The molecule has 116 valence electrons. The summed E-state index contributed by atoms with van der Waals surface area (Å²) < 4.78 is 1.85. The fraction of sp³-hybridized carbons (Fsp3) is 0.125. The van der Waals surface area contributed by atoms with Gasteiger partial charge in [-0.3, -0.25) is 0 Å². The zero-order chi connectivity index (χ0) is 16.0. The van der Waals surface area contributed by atoms with Crippen LogP contribution < -0.4 is 5.32 Å². The summed E-state index contributed by atoms with van der Waals surface area (Å²) >= 11 is 14.1. The maximum Gasteiger partial charge on any atom is 0.226 e. The number of fused-ring (bicyclic) bond motifs is 1. The first-order valence-corrected chi connectivity index (χ1v) is 8.66. The van der Waals surface area contributed by atoms with Gasteiger partial charge in [0.25, 0.3) is 0 Å². The van der Waals surface area contributed by atoms with Crippen molar-refractivity contribution in [2.24, 2.45) is 0 Å². The van der Waals surface area contributed by atoms with Gasteiger partial charge in [0, 0.05) is 10.0 Å². The zero-order valence-electron chi connectivity index (χ0n) is 12.1. The van der Waals surface area contributed by atoms with Gasteiger partial charge in [0.2, 0.25) is 5.95 Å². The molecule has 1 unspecified atom stereocenters. The van der Waals surface area contributed by atoms with E-state index in [1.807, 2.05) is 35.2 Å². The van der Waals surface area contributed by atoms with Crippen LogP contribution in [0.25, 0.3) is 5.70 Å². The SMILES string of the molecule is Cc1nc2n(n1)C(c1ccc(Cl)cc1Cl)C=C(c1cccs1)N2. The lowest BCUT2D eigenvalue weighted by Gasteiger charge is -2.24. The summed E-state index contributed by atoms with van der Waals surface area (Å²) in [5.74, 6) is 1.42. The predicted molar refractivity (Wildman–Crippen MR) is 95.3 cm³/mol. The Morgan fingerprint density at radius 3 is 2.87 bits per heavy atom. The van der Waals surface area contributed by atoms with Gasteiger partial charge in [-0.15, -0.1) is 11.3 Å². The van der Waals surface area contributed by atoms with E-state index in [9.17, 15) is 0 Å². The average molecular weight is 363 g/mol. The van der Waals surface area contributed by atoms with Crippen molar-refractivity contribution in [3.05, 3.63) is 68.1 Å². The largest absolute Gasteiger partial charge is 0.323 e. The molecular weight excluding hydrogens is 351 g/mol. The molecule has 0 aliphatic carbocycles. The molecule has 0 spiro atoms. The minimum Gasteiger partial charge on any atom is -0.323 e. The highest BCUT2D eigenvalue weighted by Crippen LogP contribution is 2.37. The van der Waals surface area contributed by atoms with Gasteiger partial charge in [-0.25, -0.2) is 4.68 Å². The molecule has 1 aromatic carbocycles. The lowest BCUT2D eigenvalue weighted by atomic mass is 10.0. The summed E-state index contributed by atoms with van der Waals surface area (Å²) in [5, 5.41) is 11.1. The Hall–Kier alpha value is -1.82. The van der Waals surface area contributed by atoms with E-state index in [-0.39, 0.29) is 6.04 Å². The fourth-order valence-electron chi connectivity index (χ4n) is 2.64. The number of anilines is 1. The summed E-state index contributed by atoms with van der Waals surface area (Å²) in [6.45, 7) is 1.87. The molecule has 4 rings (SSSR count). The lowest BCUT2D eigenvalue weighted by molar-refractivity contribution is 0.608. The van der Waals surface area contributed by atoms with Gasteiger partial charge in [-0.1, -0.05) is 35.3 Å². The van der Waals surface area contributed by atoms with Crippen molar-refractivity contribution in [1.82, 2.24) is 14.8 Å². The summed E-state index contributed by atoms with van der Waals surface area (Å²) in [6.07, 6.45) is 2.11. The van der Waals surface area contributed by atoms with Crippen molar-refractivity contribution in [2.75, 3.05) is 5.32 Å². The van der Waals surface area contributed by atoms with Crippen LogP contribution in [-0.4, -0.2) is 14.8 Å². The highest BCUT2D eigenvalue weighted by molar-refractivity contribution is 7.11. The van der Waals surface area contributed by atoms with Crippen LogP contribution in [0.1, 0.15) is 22.3 Å². The topological polar surface area (TPSA) is 42.7 Å². The van der Waals surface area contributed by atoms with Crippen molar-refractivity contribution in [1.29, 1.82) is 0 Å². The van der Waals surface area contributed by atoms with E-state index in [1.165, 1.54) is 0 Å². The Bertz CT molecular complexity index is 899. The van der Waals surface area contributed by atoms with E-state index in [0.29, 0.717) is 21.8 Å². The number of aromatic nitrogens is 3. The van der Waals surface area contributed by atoms with Gasteiger partial charge < -0.3 is 5.32 Å². The predicted octanol–water partition coefficient (Wildman–Crippen LogP) is 5.01. The van der Waals surface area contributed by atoms with Crippen LogP contribution >= 0.6 is 34.5 Å². The molecule has 0 bridgehead atoms. The first-order valence-electron chi connectivity index (χ1n) is 7.02. The summed E-state index contributed by atoms with van der Waals surface area (Å²) in [6, 6.07) is 9.49. The molecule has 0 fully saturated rings. The molecule has 3 heterocycles. The molecular formula is C16H12Cl2N4S.